The molecule has 0 aliphatic heterocycles. The lowest BCUT2D eigenvalue weighted by molar-refractivity contribution is -0.125. The Labute approximate surface area is 486 Å². The van der Waals surface area contributed by atoms with Gasteiger partial charge in [-0.2, -0.15) is 0 Å². The molecule has 3 amide bonds. The summed E-state index contributed by atoms with van der Waals surface area (Å²) in [6.45, 7) is 30.2. The number of carbonyl (C=O) groups is 4. The molecule has 4 aromatic rings. The molecule has 440 valence electrons. The van der Waals surface area contributed by atoms with Crippen LogP contribution >= 0.6 is 0 Å². The second-order valence-electron chi connectivity index (χ2n) is 25.2. The maximum absolute atomic E-state index is 13.9. The lowest BCUT2D eigenvalue weighted by Crippen LogP contribution is -2.33. The zero-order valence-corrected chi connectivity index (χ0v) is 51.1. The number of nitrogens with one attached hydrogen (secondary N) is 3. The molecule has 0 heterocycles. The Morgan fingerprint density at radius 2 is 0.914 bits per heavy atom. The summed E-state index contributed by atoms with van der Waals surface area (Å²) >= 11 is 0. The molecule has 0 saturated heterocycles. The summed E-state index contributed by atoms with van der Waals surface area (Å²) in [7, 11) is 0. The van der Waals surface area contributed by atoms with Crippen molar-refractivity contribution in [2.75, 3.05) is 72.5 Å². The van der Waals surface area contributed by atoms with Gasteiger partial charge in [-0.15, -0.1) is 0 Å². The second kappa shape index (κ2) is 30.5. The van der Waals surface area contributed by atoms with Crippen LogP contribution in [0.25, 0.3) is 23.3 Å². The highest BCUT2D eigenvalue weighted by atomic mass is 16.5. The Hall–Kier alpha value is -5.72. The van der Waals surface area contributed by atoms with Crippen molar-refractivity contribution >= 4 is 46.8 Å². The van der Waals surface area contributed by atoms with Gasteiger partial charge in [0.2, 0.25) is 11.8 Å². The van der Waals surface area contributed by atoms with Gasteiger partial charge in [0, 0.05) is 69.3 Å². The average molecular weight is 1110 g/mol. The molecule has 0 radical (unpaired) electrons. The van der Waals surface area contributed by atoms with Crippen molar-refractivity contribution in [2.24, 2.45) is 5.92 Å². The minimum Gasteiger partial charge on any atom is -0.381 e. The van der Waals surface area contributed by atoms with E-state index in [1.54, 1.807) is 0 Å². The Morgan fingerprint density at radius 3 is 1.41 bits per heavy atom. The quantitative estimate of drug-likeness (QED) is 0.0249. The molecule has 0 unspecified atom stereocenters. The maximum Gasteiger partial charge on any atom is 0.251 e. The molecule has 3 N–H and O–H groups in total. The van der Waals surface area contributed by atoms with E-state index in [-0.39, 0.29) is 51.6 Å². The Bertz CT molecular complexity index is 2770. The molecule has 0 aromatic heterocycles. The molecular weight excluding hydrogens is 1010 g/mol. The normalized spacial score (nSPS) is 16.4. The van der Waals surface area contributed by atoms with Crippen molar-refractivity contribution in [3.63, 3.8) is 0 Å². The maximum atomic E-state index is 13.9. The average Bonchev–Trinajstić information content (AvgIpc) is 3.58. The zero-order valence-electron chi connectivity index (χ0n) is 51.1. The van der Waals surface area contributed by atoms with Gasteiger partial charge in [-0.3, -0.25) is 19.2 Å². The number of rotatable bonds is 32. The molecule has 2 aliphatic rings. The zero-order chi connectivity index (χ0) is 58.6. The summed E-state index contributed by atoms with van der Waals surface area (Å²) in [5.41, 5.74) is 14.3. The first kappa shape index (κ1) is 64.4. The van der Waals surface area contributed by atoms with E-state index in [0.717, 1.165) is 29.5 Å². The first-order chi connectivity index (χ1) is 38.6. The molecule has 1 atom stereocenters. The number of amides is 3. The van der Waals surface area contributed by atoms with Gasteiger partial charge in [0.05, 0.1) is 33.0 Å². The number of unbranched alkanes of at least 4 members (excludes halogenated alkanes) is 1. The fourth-order valence-electron chi connectivity index (χ4n) is 11.2. The van der Waals surface area contributed by atoms with Crippen molar-refractivity contribution in [1.29, 1.82) is 0 Å². The second-order valence-corrected chi connectivity index (χ2v) is 25.2. The van der Waals surface area contributed by atoms with Crippen molar-refractivity contribution < 1.29 is 38.1 Å². The Kier molecular flexibility index (Phi) is 24.3. The topological polar surface area (TPSA) is 141 Å². The summed E-state index contributed by atoms with van der Waals surface area (Å²) in [5.74, 6) is -0.924. The molecule has 2 aliphatic carbocycles. The third-order valence-corrected chi connectivity index (χ3v) is 16.8. The summed E-state index contributed by atoms with van der Waals surface area (Å²) in [5, 5.41) is 8.99. The van der Waals surface area contributed by atoms with E-state index in [1.165, 1.54) is 58.2 Å². The van der Waals surface area contributed by atoms with Crippen LogP contribution in [0.3, 0.4) is 0 Å². The van der Waals surface area contributed by atoms with Crippen molar-refractivity contribution in [3.8, 4) is 0 Å². The molecular formula is C70H97N3O8. The van der Waals surface area contributed by atoms with Crippen LogP contribution in [0.15, 0.2) is 84.9 Å². The van der Waals surface area contributed by atoms with E-state index < -0.39 is 5.92 Å². The number of hydrogen-bond donors (Lipinski definition) is 3. The van der Waals surface area contributed by atoms with Gasteiger partial charge in [0.1, 0.15) is 0 Å². The number of fused-ring (bicyclic) bond motifs is 2. The molecule has 6 rings (SSSR count). The van der Waals surface area contributed by atoms with Gasteiger partial charge in [-0.1, -0.05) is 147 Å². The highest BCUT2D eigenvalue weighted by Gasteiger charge is 2.38. The van der Waals surface area contributed by atoms with E-state index in [1.807, 2.05) is 55.5 Å². The summed E-state index contributed by atoms with van der Waals surface area (Å²) in [6.07, 6.45) is 12.7. The smallest absolute Gasteiger partial charge is 0.251 e. The van der Waals surface area contributed by atoms with Crippen LogP contribution in [0.4, 0.5) is 0 Å². The van der Waals surface area contributed by atoms with Gasteiger partial charge >= 0.3 is 0 Å². The predicted molar refractivity (Wildman–Crippen MR) is 331 cm³/mol. The van der Waals surface area contributed by atoms with Gasteiger partial charge in [0.25, 0.3) is 5.91 Å². The standard InChI is InChI=1S/C70H97N3O8/c1-12-78-40-30-64(75)71-36-15-38-79-41-43-81-44-42-80-39-16-37-73-66(77)58(49-63(74)54-22-18-52(19-23-54)45-50(2)56-26-28-59-61(47-56)69(8,9)33-31-67(59,4)5)17-13-14-35-72-65(76)55-24-20-53(21-25-55)46-51(3)57-27-29-60-62(48-57)70(10,11)34-32-68(60,6)7/h18-29,45-48,58H,12-17,30-44,49H2,1-11H3,(H,71,75)(H,72,76)(H,73,77)/b50-45+,51-46+/t58-/m0/s1. The van der Waals surface area contributed by atoms with Gasteiger partial charge in [-0.05, 0) is 162 Å². The summed E-state index contributed by atoms with van der Waals surface area (Å²) in [6, 6.07) is 29.3. The van der Waals surface area contributed by atoms with Crippen molar-refractivity contribution in [2.45, 2.75) is 168 Å². The molecule has 0 fully saturated rings. The highest BCUT2D eigenvalue weighted by Crippen LogP contribution is 2.48. The van der Waals surface area contributed by atoms with Crippen LogP contribution in [-0.4, -0.2) is 96.0 Å². The summed E-state index contributed by atoms with van der Waals surface area (Å²) in [4.78, 5) is 52.7. The highest BCUT2D eigenvalue weighted by molar-refractivity contribution is 5.99. The fraction of sp³-hybridized carbons (Fsp3) is 0.543. The van der Waals surface area contributed by atoms with Crippen LogP contribution in [0.5, 0.6) is 0 Å². The number of ketones is 1. The van der Waals surface area contributed by atoms with Gasteiger partial charge in [0.15, 0.2) is 5.78 Å². The molecule has 0 spiro atoms. The number of ether oxygens (including phenoxy) is 4. The molecule has 4 aromatic carbocycles. The number of allylic oxidation sites excluding steroid dienone is 2. The van der Waals surface area contributed by atoms with E-state index in [0.29, 0.717) is 116 Å². The Morgan fingerprint density at radius 1 is 0.481 bits per heavy atom. The molecule has 0 saturated carbocycles. The SMILES string of the molecule is CCOCCC(=O)NCCCOCCOCCOCCCNC(=O)[C@@H](CCCCNC(=O)c1ccc(/C=C(\C)c2ccc3c(c2)C(C)(C)CCC3(C)C)cc1)CC(=O)c1ccc(/C=C(\C)c2ccc3c(c2)C(C)(C)CCC3(C)C)cc1. The third-order valence-electron chi connectivity index (χ3n) is 16.8. The minimum atomic E-state index is -0.530. The molecule has 0 bridgehead atoms. The minimum absolute atomic E-state index is 0.0186. The number of carbonyl (C=O) groups excluding carboxylic acids is 4. The first-order valence-corrected chi connectivity index (χ1v) is 30.1. The van der Waals surface area contributed by atoms with E-state index in [4.69, 9.17) is 18.9 Å². The first-order valence-electron chi connectivity index (χ1n) is 30.1. The van der Waals surface area contributed by atoms with Crippen LogP contribution in [-0.2, 0) is 50.2 Å². The van der Waals surface area contributed by atoms with Crippen LogP contribution in [0.2, 0.25) is 0 Å². The number of benzene rings is 4. The molecule has 11 heteroatoms. The van der Waals surface area contributed by atoms with Gasteiger partial charge < -0.3 is 34.9 Å². The predicted octanol–water partition coefficient (Wildman–Crippen LogP) is 13.8. The Balaban J connectivity index is 0.968. The number of Topliss-reactive ketones (excluding diaryl/α,β-unsaturated/α-hetero) is 1. The van der Waals surface area contributed by atoms with E-state index in [9.17, 15) is 19.2 Å². The van der Waals surface area contributed by atoms with Crippen LogP contribution < -0.4 is 16.0 Å². The van der Waals surface area contributed by atoms with E-state index in [2.05, 4.69) is 134 Å². The largest absolute Gasteiger partial charge is 0.381 e. The van der Waals surface area contributed by atoms with E-state index >= 15 is 0 Å². The molecule has 81 heavy (non-hydrogen) atoms. The van der Waals surface area contributed by atoms with Crippen molar-refractivity contribution in [1.82, 2.24) is 16.0 Å². The molecule has 11 nitrogen and oxygen atoms in total. The lowest BCUT2D eigenvalue weighted by atomic mass is 9.63. The van der Waals surface area contributed by atoms with Crippen LogP contribution in [0.1, 0.15) is 212 Å². The third kappa shape index (κ3) is 19.4. The van der Waals surface area contributed by atoms with Gasteiger partial charge in [-0.25, -0.2) is 0 Å². The monoisotopic (exact) mass is 1110 g/mol. The summed E-state index contributed by atoms with van der Waals surface area (Å²) < 4.78 is 22.2. The number of hydrogen-bond acceptors (Lipinski definition) is 8. The van der Waals surface area contributed by atoms with Crippen LogP contribution in [0, 0.1) is 5.92 Å². The fourth-order valence-corrected chi connectivity index (χ4v) is 11.2. The lowest BCUT2D eigenvalue weighted by Gasteiger charge is -2.42. The van der Waals surface area contributed by atoms with Crippen molar-refractivity contribution in [3.05, 3.63) is 141 Å².